The number of carbonyl (C=O) groups is 1. The van der Waals surface area contributed by atoms with Gasteiger partial charge < -0.3 is 9.32 Å². The molecule has 0 bridgehead atoms. The lowest BCUT2D eigenvalue weighted by Gasteiger charge is -2.31. The smallest absolute Gasteiger partial charge is 0.277 e. The van der Waals surface area contributed by atoms with Gasteiger partial charge in [-0.05, 0) is 37.1 Å². The molecule has 7 heteroatoms. The fourth-order valence-electron chi connectivity index (χ4n) is 2.44. The molecule has 22 heavy (non-hydrogen) atoms. The van der Waals surface area contributed by atoms with Crippen LogP contribution < -0.4 is 0 Å². The number of piperidine rings is 1. The lowest BCUT2D eigenvalue weighted by atomic mass is 9.99. The number of nitrogens with zero attached hydrogens (tertiary/aromatic N) is 3. The van der Waals surface area contributed by atoms with Gasteiger partial charge in [-0.15, -0.1) is 21.5 Å². The zero-order chi connectivity index (χ0) is 15.5. The summed E-state index contributed by atoms with van der Waals surface area (Å²) < 4.78 is 5.63. The molecule has 0 N–H and O–H groups in total. The summed E-state index contributed by atoms with van der Waals surface area (Å²) in [6.07, 6.45) is 2.18. The Bertz CT molecular complexity index is 619. The van der Waals surface area contributed by atoms with Crippen LogP contribution in [0.4, 0.5) is 0 Å². The average molecular weight is 337 g/mol. The third-order valence-electron chi connectivity index (χ3n) is 3.86. The maximum absolute atomic E-state index is 12.5. The summed E-state index contributed by atoms with van der Waals surface area (Å²) in [5.41, 5.74) is 0. The predicted octanol–water partition coefficient (Wildman–Crippen LogP) is 3.54. The third kappa shape index (κ3) is 3.52. The van der Waals surface area contributed by atoms with E-state index < -0.39 is 0 Å². The van der Waals surface area contributed by atoms with E-state index in [0.29, 0.717) is 11.1 Å². The topological polar surface area (TPSA) is 59.2 Å². The number of likely N-dealkylation sites (tertiary alicyclic amines) is 1. The number of thioether (sulfide) groups is 1. The molecule has 0 saturated carbocycles. The predicted molar refractivity (Wildman–Crippen MR) is 87.9 cm³/mol. The molecule has 3 rings (SSSR count). The maximum Gasteiger partial charge on any atom is 0.277 e. The Morgan fingerprint density at radius 1 is 1.45 bits per heavy atom. The molecular formula is C15H19N3O2S2. The minimum atomic E-state index is -0.204. The van der Waals surface area contributed by atoms with E-state index in [1.807, 2.05) is 29.3 Å². The van der Waals surface area contributed by atoms with E-state index in [9.17, 15) is 4.79 Å². The van der Waals surface area contributed by atoms with Gasteiger partial charge in [-0.3, -0.25) is 4.79 Å². The van der Waals surface area contributed by atoms with Crippen LogP contribution in [0.1, 0.15) is 26.7 Å². The first-order chi connectivity index (χ1) is 10.6. The SMILES string of the molecule is CC1CCN(C(=O)[C@@H](C)Sc2nnc(-c3cccs3)o2)CC1. The van der Waals surface area contributed by atoms with Gasteiger partial charge in [0.15, 0.2) is 0 Å². The first-order valence-corrected chi connectivity index (χ1v) is 9.22. The normalized spacial score (nSPS) is 17.6. The van der Waals surface area contributed by atoms with Crippen molar-refractivity contribution in [2.45, 2.75) is 37.2 Å². The molecule has 1 fully saturated rings. The number of thiophene rings is 1. The summed E-state index contributed by atoms with van der Waals surface area (Å²) >= 11 is 2.89. The fourth-order valence-corrected chi connectivity index (χ4v) is 3.86. The van der Waals surface area contributed by atoms with Crippen LogP contribution in [-0.4, -0.2) is 39.3 Å². The Balaban J connectivity index is 1.59. The maximum atomic E-state index is 12.5. The molecule has 0 spiro atoms. The zero-order valence-electron chi connectivity index (χ0n) is 12.7. The van der Waals surface area contributed by atoms with Gasteiger partial charge >= 0.3 is 0 Å². The van der Waals surface area contributed by atoms with E-state index in [1.165, 1.54) is 11.8 Å². The number of carbonyl (C=O) groups excluding carboxylic acids is 1. The van der Waals surface area contributed by atoms with Gasteiger partial charge in [0, 0.05) is 13.1 Å². The minimum Gasteiger partial charge on any atom is -0.410 e. The molecule has 1 saturated heterocycles. The molecular weight excluding hydrogens is 318 g/mol. The average Bonchev–Trinajstić information content (AvgIpc) is 3.18. The van der Waals surface area contributed by atoms with E-state index in [1.54, 1.807) is 11.3 Å². The second kappa shape index (κ2) is 6.83. The van der Waals surface area contributed by atoms with E-state index in [2.05, 4.69) is 17.1 Å². The van der Waals surface area contributed by atoms with Crippen molar-refractivity contribution in [1.82, 2.24) is 15.1 Å². The van der Waals surface area contributed by atoms with Crippen molar-refractivity contribution in [1.29, 1.82) is 0 Å². The second-order valence-electron chi connectivity index (χ2n) is 5.62. The molecule has 1 amide bonds. The number of hydrogen-bond acceptors (Lipinski definition) is 6. The van der Waals surface area contributed by atoms with Crippen LogP contribution in [0.2, 0.25) is 0 Å². The number of aromatic nitrogens is 2. The first kappa shape index (κ1) is 15.6. The van der Waals surface area contributed by atoms with Crippen molar-refractivity contribution in [2.24, 2.45) is 5.92 Å². The standard InChI is InChI=1S/C15H19N3O2S2/c1-10-5-7-18(8-6-10)14(19)11(2)22-15-17-16-13(20-15)12-4-3-9-21-12/h3-4,9-11H,5-8H2,1-2H3/t11-/m1/s1. The molecule has 1 aliphatic rings. The van der Waals surface area contributed by atoms with Crippen LogP contribution in [0, 0.1) is 5.92 Å². The summed E-state index contributed by atoms with van der Waals surface area (Å²) in [5.74, 6) is 1.40. The summed E-state index contributed by atoms with van der Waals surface area (Å²) in [4.78, 5) is 15.4. The number of hydrogen-bond donors (Lipinski definition) is 0. The Kier molecular flexibility index (Phi) is 4.83. The third-order valence-corrected chi connectivity index (χ3v) is 5.64. The molecule has 0 aliphatic carbocycles. The largest absolute Gasteiger partial charge is 0.410 e. The van der Waals surface area contributed by atoms with Crippen LogP contribution >= 0.6 is 23.1 Å². The molecule has 2 aromatic heterocycles. The molecule has 0 unspecified atom stereocenters. The zero-order valence-corrected chi connectivity index (χ0v) is 14.3. The molecule has 1 aliphatic heterocycles. The van der Waals surface area contributed by atoms with Crippen LogP contribution in [-0.2, 0) is 4.79 Å². The van der Waals surface area contributed by atoms with Gasteiger partial charge in [-0.2, -0.15) is 0 Å². The molecule has 5 nitrogen and oxygen atoms in total. The lowest BCUT2D eigenvalue weighted by molar-refractivity contribution is -0.131. The summed E-state index contributed by atoms with van der Waals surface area (Å²) in [6, 6.07) is 3.89. The lowest BCUT2D eigenvalue weighted by Crippen LogP contribution is -2.41. The Labute approximate surface area is 138 Å². The Morgan fingerprint density at radius 2 is 2.23 bits per heavy atom. The molecule has 2 aromatic rings. The number of rotatable bonds is 4. The van der Waals surface area contributed by atoms with E-state index in [4.69, 9.17) is 4.42 Å². The minimum absolute atomic E-state index is 0.160. The summed E-state index contributed by atoms with van der Waals surface area (Å²) in [7, 11) is 0. The number of amides is 1. The molecule has 3 heterocycles. The van der Waals surface area contributed by atoms with Gasteiger partial charge in [-0.1, -0.05) is 24.8 Å². The highest BCUT2D eigenvalue weighted by Gasteiger charge is 2.26. The van der Waals surface area contributed by atoms with Crippen LogP contribution in [0.25, 0.3) is 10.8 Å². The molecule has 118 valence electrons. The molecule has 0 aromatic carbocycles. The highest BCUT2D eigenvalue weighted by Crippen LogP contribution is 2.29. The summed E-state index contributed by atoms with van der Waals surface area (Å²) in [6.45, 7) is 5.86. The fraction of sp³-hybridized carbons (Fsp3) is 0.533. The van der Waals surface area contributed by atoms with Gasteiger partial charge in [-0.25, -0.2) is 0 Å². The molecule has 0 radical (unpaired) electrons. The highest BCUT2D eigenvalue weighted by molar-refractivity contribution is 8.00. The van der Waals surface area contributed by atoms with E-state index in [0.717, 1.165) is 36.7 Å². The Morgan fingerprint density at radius 3 is 2.91 bits per heavy atom. The van der Waals surface area contributed by atoms with Crippen molar-refractivity contribution < 1.29 is 9.21 Å². The molecule has 1 atom stereocenters. The van der Waals surface area contributed by atoms with Crippen molar-refractivity contribution in [3.05, 3.63) is 17.5 Å². The van der Waals surface area contributed by atoms with E-state index in [-0.39, 0.29) is 11.2 Å². The van der Waals surface area contributed by atoms with Gasteiger partial charge in [0.1, 0.15) is 0 Å². The van der Waals surface area contributed by atoms with Crippen LogP contribution in [0.5, 0.6) is 0 Å². The van der Waals surface area contributed by atoms with E-state index >= 15 is 0 Å². The van der Waals surface area contributed by atoms with Crippen LogP contribution in [0.3, 0.4) is 0 Å². The van der Waals surface area contributed by atoms with Gasteiger partial charge in [0.05, 0.1) is 10.1 Å². The second-order valence-corrected chi connectivity index (χ2v) is 7.86. The van der Waals surface area contributed by atoms with Gasteiger partial charge in [0.25, 0.3) is 11.1 Å². The van der Waals surface area contributed by atoms with Crippen molar-refractivity contribution in [3.63, 3.8) is 0 Å². The quantitative estimate of drug-likeness (QED) is 0.799. The highest BCUT2D eigenvalue weighted by atomic mass is 32.2. The van der Waals surface area contributed by atoms with Crippen molar-refractivity contribution in [2.75, 3.05) is 13.1 Å². The van der Waals surface area contributed by atoms with Crippen molar-refractivity contribution in [3.8, 4) is 10.8 Å². The van der Waals surface area contributed by atoms with Crippen LogP contribution in [0.15, 0.2) is 27.2 Å². The van der Waals surface area contributed by atoms with Gasteiger partial charge in [0.2, 0.25) is 5.91 Å². The Hall–Kier alpha value is -1.34. The first-order valence-electron chi connectivity index (χ1n) is 7.46. The van der Waals surface area contributed by atoms with Crippen molar-refractivity contribution >= 4 is 29.0 Å². The monoisotopic (exact) mass is 337 g/mol. The summed E-state index contributed by atoms with van der Waals surface area (Å²) in [5, 5.41) is 10.3.